The molecule has 2 aliphatic rings. The largest absolute Gasteiger partial charge is 0.497 e. The van der Waals surface area contributed by atoms with Crippen LogP contribution in [0.15, 0.2) is 102 Å². The van der Waals surface area contributed by atoms with Gasteiger partial charge in [0.25, 0.3) is 11.8 Å². The predicted molar refractivity (Wildman–Crippen MR) is 231 cm³/mol. The molecule has 1 aromatic heterocycles. The van der Waals surface area contributed by atoms with Gasteiger partial charge in [-0.2, -0.15) is 0 Å². The normalized spacial score (nSPS) is 21.6. The summed E-state index contributed by atoms with van der Waals surface area (Å²) in [6, 6.07) is 23.6. The summed E-state index contributed by atoms with van der Waals surface area (Å²) >= 11 is 0. The van der Waals surface area contributed by atoms with Crippen molar-refractivity contribution in [3.8, 4) is 5.75 Å². The van der Waals surface area contributed by atoms with E-state index in [4.69, 9.17) is 9.47 Å². The van der Waals surface area contributed by atoms with Crippen LogP contribution in [0.2, 0.25) is 18.6 Å². The number of ether oxygens (including phenoxy) is 2. The fourth-order valence-electron chi connectivity index (χ4n) is 8.92. The first-order chi connectivity index (χ1) is 27.7. The van der Waals surface area contributed by atoms with Gasteiger partial charge in [0.05, 0.1) is 45.2 Å². The Morgan fingerprint density at radius 3 is 2.45 bits per heavy atom. The van der Waals surface area contributed by atoms with E-state index in [1.165, 1.54) is 23.3 Å². The summed E-state index contributed by atoms with van der Waals surface area (Å²) in [6.45, 7) is 15.3. The molecule has 6 atom stereocenters. The highest BCUT2D eigenvalue weighted by molar-refractivity contribution is 6.91. The number of benzene rings is 3. The van der Waals surface area contributed by atoms with Crippen LogP contribution in [0.25, 0.3) is 0 Å². The average Bonchev–Trinajstić information content (AvgIpc) is 3.86. The summed E-state index contributed by atoms with van der Waals surface area (Å²) in [5, 5.41) is 33.4. The van der Waals surface area contributed by atoms with Crippen LogP contribution in [0.3, 0.4) is 0 Å². The van der Waals surface area contributed by atoms with Crippen molar-refractivity contribution in [2.24, 2.45) is 5.92 Å². The number of amides is 2. The first kappa shape index (κ1) is 42.7. The van der Waals surface area contributed by atoms with E-state index in [0.717, 1.165) is 29.8 Å². The summed E-state index contributed by atoms with van der Waals surface area (Å²) in [7, 11) is -0.779. The number of fused-ring (bicyclic) bond motifs is 2. The lowest BCUT2D eigenvalue weighted by atomic mass is 9.82. The first-order valence-electron chi connectivity index (χ1n) is 20.3. The molecular weight excluding hydrogens is 747 g/mol. The van der Waals surface area contributed by atoms with Crippen LogP contribution in [0.5, 0.6) is 5.75 Å². The lowest BCUT2D eigenvalue weighted by Gasteiger charge is -2.37. The van der Waals surface area contributed by atoms with Crippen LogP contribution in [0.4, 0.5) is 11.4 Å². The number of rotatable bonds is 16. The lowest BCUT2D eigenvalue weighted by Crippen LogP contribution is -2.52. The first-order valence-corrected chi connectivity index (χ1v) is 23.4. The molecule has 3 aromatic carbocycles. The fraction of sp³-hybridized carbons (Fsp3) is 0.435. The maximum absolute atomic E-state index is 15.3. The Morgan fingerprint density at radius 2 is 1.79 bits per heavy atom. The Balaban J connectivity index is 1.40. The van der Waals surface area contributed by atoms with Crippen molar-refractivity contribution in [3.05, 3.63) is 119 Å². The molecule has 1 spiro atoms. The Bertz CT molecular complexity index is 2130. The molecular formula is C46H59N5O6Si. The minimum atomic E-state index is -2.44. The van der Waals surface area contributed by atoms with Gasteiger partial charge in [0.15, 0.2) is 5.60 Å². The van der Waals surface area contributed by atoms with Gasteiger partial charge in [0, 0.05) is 36.5 Å². The number of aromatic nitrogens is 3. The molecule has 2 aliphatic heterocycles. The topological polar surface area (TPSA) is 139 Å². The van der Waals surface area contributed by atoms with Gasteiger partial charge in [-0.1, -0.05) is 96.2 Å². The molecule has 4 aromatic rings. The molecule has 308 valence electrons. The summed E-state index contributed by atoms with van der Waals surface area (Å²) in [4.78, 5) is 29.8. The van der Waals surface area contributed by atoms with Crippen molar-refractivity contribution in [2.45, 2.75) is 103 Å². The van der Waals surface area contributed by atoms with Crippen molar-refractivity contribution in [2.75, 3.05) is 30.5 Å². The number of nitrogens with one attached hydrogen (secondary N) is 1. The van der Waals surface area contributed by atoms with E-state index in [2.05, 4.69) is 80.7 Å². The van der Waals surface area contributed by atoms with E-state index in [-0.39, 0.29) is 36.0 Å². The summed E-state index contributed by atoms with van der Waals surface area (Å²) in [5.41, 5.74) is 4.72. The van der Waals surface area contributed by atoms with Crippen LogP contribution in [0.1, 0.15) is 76.6 Å². The van der Waals surface area contributed by atoms with Crippen LogP contribution >= 0.6 is 0 Å². The van der Waals surface area contributed by atoms with Crippen molar-refractivity contribution in [1.29, 1.82) is 0 Å². The van der Waals surface area contributed by atoms with Gasteiger partial charge in [-0.15, -0.1) is 5.10 Å². The molecule has 3 heterocycles. The van der Waals surface area contributed by atoms with Crippen LogP contribution < -0.4 is 20.1 Å². The van der Waals surface area contributed by atoms with Gasteiger partial charge >= 0.3 is 0 Å². The quantitative estimate of drug-likeness (QED) is 0.0808. The third-order valence-corrected chi connectivity index (χ3v) is 16.5. The van der Waals surface area contributed by atoms with E-state index in [1.807, 2.05) is 70.4 Å². The molecule has 6 rings (SSSR count). The van der Waals surface area contributed by atoms with Crippen molar-refractivity contribution in [1.82, 2.24) is 15.0 Å². The second kappa shape index (κ2) is 17.9. The monoisotopic (exact) mass is 805 g/mol. The molecule has 11 nitrogen and oxygen atoms in total. The Hall–Kier alpha value is -4.88. The molecule has 0 bridgehead atoms. The predicted octanol–water partition coefficient (Wildman–Crippen LogP) is 7.08. The zero-order valence-electron chi connectivity index (χ0n) is 35.1. The van der Waals surface area contributed by atoms with E-state index < -0.39 is 25.7 Å². The summed E-state index contributed by atoms with van der Waals surface area (Å²) in [6.07, 6.45) is 7.08. The van der Waals surface area contributed by atoms with Gasteiger partial charge in [-0.05, 0) is 88.4 Å². The SMILES string of the molecule is COc1ccc([Si](C)(C)[C@@H]2[C@@H](CCn3cc(C(CO)c4ccccc4)nn3)O[C@]3(C(=O)N(C/C=C(\C)CCC=C(C)C)c4ccc(NC(=O)[C@H](C)O)cc43)[C@H]2C)cc1. The number of carbonyl (C=O) groups is 2. The number of nitrogens with zero attached hydrogens (tertiary/aromatic N) is 4. The van der Waals surface area contributed by atoms with Crippen molar-refractivity contribution < 1.29 is 29.3 Å². The van der Waals surface area contributed by atoms with Gasteiger partial charge in [0.1, 0.15) is 11.9 Å². The summed E-state index contributed by atoms with van der Waals surface area (Å²) in [5.74, 6) is -0.431. The van der Waals surface area contributed by atoms with Crippen molar-refractivity contribution >= 4 is 36.4 Å². The molecule has 1 unspecified atom stereocenters. The van der Waals surface area contributed by atoms with Crippen LogP contribution in [0, 0.1) is 5.92 Å². The number of hydrogen-bond donors (Lipinski definition) is 3. The second-order valence-corrected chi connectivity index (χ2v) is 21.4. The number of methoxy groups -OCH3 is 1. The number of aliphatic hydroxyl groups excluding tert-OH is 2. The van der Waals surface area contributed by atoms with Crippen LogP contribution in [-0.4, -0.2) is 77.6 Å². The number of aliphatic hydroxyl groups is 2. The highest BCUT2D eigenvalue weighted by Gasteiger charge is 2.66. The Labute approximate surface area is 343 Å². The zero-order valence-corrected chi connectivity index (χ0v) is 36.1. The van der Waals surface area contributed by atoms with E-state index in [9.17, 15) is 15.0 Å². The van der Waals surface area contributed by atoms with Gasteiger partial charge < -0.3 is 29.9 Å². The maximum atomic E-state index is 15.3. The number of allylic oxidation sites excluding steroid dienone is 3. The average molecular weight is 806 g/mol. The second-order valence-electron chi connectivity index (χ2n) is 16.7. The molecule has 2 amide bonds. The number of aryl methyl sites for hydroxylation is 1. The molecule has 58 heavy (non-hydrogen) atoms. The number of anilines is 2. The Kier molecular flexibility index (Phi) is 13.2. The van der Waals surface area contributed by atoms with E-state index >= 15 is 4.79 Å². The number of carbonyl (C=O) groups excluding carboxylic acids is 2. The number of hydrogen-bond acceptors (Lipinski definition) is 8. The molecule has 0 saturated carbocycles. The zero-order chi connectivity index (χ0) is 41.8. The van der Waals surface area contributed by atoms with E-state index in [1.54, 1.807) is 13.2 Å². The van der Waals surface area contributed by atoms with Gasteiger partial charge in [-0.25, -0.2) is 0 Å². The smallest absolute Gasteiger partial charge is 0.264 e. The maximum Gasteiger partial charge on any atom is 0.264 e. The summed E-state index contributed by atoms with van der Waals surface area (Å²) < 4.78 is 14.7. The molecule has 0 aliphatic carbocycles. The third kappa shape index (κ3) is 8.61. The van der Waals surface area contributed by atoms with Crippen molar-refractivity contribution in [3.63, 3.8) is 0 Å². The Morgan fingerprint density at radius 1 is 1.07 bits per heavy atom. The molecule has 3 N–H and O–H groups in total. The van der Waals surface area contributed by atoms with Gasteiger partial charge in [-0.3, -0.25) is 14.3 Å². The fourth-order valence-corrected chi connectivity index (χ4v) is 13.0. The minimum absolute atomic E-state index is 0.0211. The lowest BCUT2D eigenvalue weighted by molar-refractivity contribution is -0.145. The third-order valence-electron chi connectivity index (χ3n) is 12.1. The standard InChI is InChI=1S/C46H59N5O6Si/c1-30(2)13-12-14-31(3)23-26-51-41-22-17-35(47-44(54)33(5)53)27-39(41)46(45(51)55)32(4)43(58(7,8)37-20-18-36(56-6)19-21-37)42(57-46)24-25-50-28-40(48-49-50)38(29-52)34-15-10-9-11-16-34/h9-11,13,15-23,27-28,32-33,38,42-43,52-53H,12,14,24-26,29H2,1-8H3,(H,47,54)/b31-23+/t32-,33-,38?,42+,43-,46+/m0/s1. The highest BCUT2D eigenvalue weighted by atomic mass is 28.3. The minimum Gasteiger partial charge on any atom is -0.497 e. The molecule has 12 heteroatoms. The van der Waals surface area contributed by atoms with Gasteiger partial charge in [0.2, 0.25) is 0 Å². The molecule has 0 radical (unpaired) electrons. The molecule has 1 fully saturated rings. The molecule has 1 saturated heterocycles. The van der Waals surface area contributed by atoms with Crippen LogP contribution in [-0.2, 0) is 26.5 Å². The van der Waals surface area contributed by atoms with E-state index in [0.29, 0.717) is 36.5 Å². The highest BCUT2D eigenvalue weighted by Crippen LogP contribution is 2.60.